The maximum Gasteiger partial charge on any atom is 0.320 e. The summed E-state index contributed by atoms with van der Waals surface area (Å²) in [5, 5.41) is 0. The number of esters is 2. The predicted octanol–water partition coefficient (Wildman–Crippen LogP) is 6.89. The van der Waals surface area contributed by atoms with Gasteiger partial charge in [0.2, 0.25) is 0 Å². The van der Waals surface area contributed by atoms with Crippen LogP contribution in [0.1, 0.15) is 116 Å². The van der Waals surface area contributed by atoms with E-state index in [9.17, 15) is 9.59 Å². The Morgan fingerprint density at radius 2 is 1.31 bits per heavy atom. The normalized spacial score (nSPS) is 17.8. The highest BCUT2D eigenvalue weighted by Gasteiger charge is 2.26. The van der Waals surface area contributed by atoms with Crippen LogP contribution in [0.4, 0.5) is 0 Å². The zero-order valence-electron chi connectivity index (χ0n) is 17.0. The summed E-state index contributed by atoms with van der Waals surface area (Å²) in [6.07, 6.45) is 25.2. The van der Waals surface area contributed by atoms with Gasteiger partial charge in [-0.05, 0) is 19.3 Å². The maximum absolute atomic E-state index is 11.5. The van der Waals surface area contributed by atoms with Crippen LogP contribution in [-0.2, 0) is 14.3 Å². The lowest BCUT2D eigenvalue weighted by Crippen LogP contribution is -2.26. The third-order valence-corrected chi connectivity index (χ3v) is 5.27. The molecule has 0 aromatic carbocycles. The molecule has 1 heterocycles. The Balaban J connectivity index is 1.80. The molecule has 0 saturated carbocycles. The van der Waals surface area contributed by atoms with E-state index in [1.165, 1.54) is 89.9 Å². The largest absolute Gasteiger partial charge is 0.393 e. The molecule has 0 bridgehead atoms. The van der Waals surface area contributed by atoms with Crippen LogP contribution in [0, 0.1) is 5.92 Å². The second-order valence-corrected chi connectivity index (χ2v) is 7.75. The van der Waals surface area contributed by atoms with Crippen molar-refractivity contribution < 1.29 is 14.3 Å². The quantitative estimate of drug-likeness (QED) is 0.129. The minimum atomic E-state index is -0.383. The lowest BCUT2D eigenvalue weighted by Gasteiger charge is -2.15. The van der Waals surface area contributed by atoms with Crippen LogP contribution >= 0.6 is 0 Å². The number of ether oxygens (including phenoxy) is 1. The van der Waals surface area contributed by atoms with E-state index in [0.29, 0.717) is 12.8 Å². The smallest absolute Gasteiger partial charge is 0.320 e. The third kappa shape index (κ3) is 12.3. The van der Waals surface area contributed by atoms with E-state index in [-0.39, 0.29) is 17.9 Å². The summed E-state index contributed by atoms with van der Waals surface area (Å²) < 4.78 is 4.65. The number of rotatable bonds is 16. The lowest BCUT2D eigenvalue weighted by atomic mass is 9.99. The monoisotopic (exact) mass is 364 g/mol. The highest BCUT2D eigenvalue weighted by Crippen LogP contribution is 2.18. The fraction of sp³-hybridized carbons (Fsp3) is 0.826. The fourth-order valence-corrected chi connectivity index (χ4v) is 3.52. The Morgan fingerprint density at radius 1 is 0.808 bits per heavy atom. The summed E-state index contributed by atoms with van der Waals surface area (Å²) in [7, 11) is 0. The Hall–Kier alpha value is -1.12. The van der Waals surface area contributed by atoms with Gasteiger partial charge < -0.3 is 4.74 Å². The highest BCUT2D eigenvalue weighted by atomic mass is 16.6. The van der Waals surface area contributed by atoms with Crippen molar-refractivity contribution in [3.05, 3.63) is 12.2 Å². The van der Waals surface area contributed by atoms with Crippen LogP contribution in [0.3, 0.4) is 0 Å². The molecule has 3 heteroatoms. The molecule has 0 aromatic heterocycles. The first kappa shape index (κ1) is 22.9. The topological polar surface area (TPSA) is 43.4 Å². The minimum Gasteiger partial charge on any atom is -0.393 e. The van der Waals surface area contributed by atoms with Crippen LogP contribution < -0.4 is 0 Å². The van der Waals surface area contributed by atoms with Crippen LogP contribution in [0.15, 0.2) is 12.2 Å². The van der Waals surface area contributed by atoms with Gasteiger partial charge in [0.05, 0.1) is 5.92 Å². The zero-order chi connectivity index (χ0) is 18.9. The molecule has 1 aliphatic rings. The van der Waals surface area contributed by atoms with E-state index in [2.05, 4.69) is 17.7 Å². The number of hydrogen-bond acceptors (Lipinski definition) is 3. The predicted molar refractivity (Wildman–Crippen MR) is 108 cm³/mol. The summed E-state index contributed by atoms with van der Waals surface area (Å²) in [6.45, 7) is 2.27. The maximum atomic E-state index is 11.5. The van der Waals surface area contributed by atoms with Crippen LogP contribution in [-0.4, -0.2) is 11.9 Å². The van der Waals surface area contributed by atoms with E-state index in [4.69, 9.17) is 0 Å². The van der Waals surface area contributed by atoms with Gasteiger partial charge in [-0.1, -0.05) is 103 Å². The van der Waals surface area contributed by atoms with Gasteiger partial charge in [-0.2, -0.15) is 0 Å². The fourth-order valence-electron chi connectivity index (χ4n) is 3.52. The Bertz CT molecular complexity index is 400. The van der Waals surface area contributed by atoms with Crippen molar-refractivity contribution in [1.29, 1.82) is 0 Å². The molecule has 1 unspecified atom stereocenters. The Morgan fingerprint density at radius 3 is 1.81 bits per heavy atom. The number of carbonyl (C=O) groups excluding carboxylic acids is 2. The van der Waals surface area contributed by atoms with Crippen LogP contribution in [0.2, 0.25) is 0 Å². The molecular formula is C23H40O3. The van der Waals surface area contributed by atoms with Crippen molar-refractivity contribution >= 4 is 11.9 Å². The van der Waals surface area contributed by atoms with Gasteiger partial charge in [-0.15, -0.1) is 0 Å². The minimum absolute atomic E-state index is 0.209. The molecule has 0 aliphatic carbocycles. The van der Waals surface area contributed by atoms with E-state index < -0.39 is 0 Å². The van der Waals surface area contributed by atoms with Crippen molar-refractivity contribution in [2.24, 2.45) is 5.92 Å². The van der Waals surface area contributed by atoms with E-state index in [0.717, 1.165) is 6.42 Å². The molecule has 0 N–H and O–H groups in total. The van der Waals surface area contributed by atoms with E-state index in [1.807, 2.05) is 6.08 Å². The number of carbonyl (C=O) groups is 2. The average molecular weight is 365 g/mol. The Kier molecular flexibility index (Phi) is 14.2. The van der Waals surface area contributed by atoms with Crippen molar-refractivity contribution in [3.63, 3.8) is 0 Å². The average Bonchev–Trinajstić information content (AvgIpc) is 2.63. The second-order valence-electron chi connectivity index (χ2n) is 7.75. The molecule has 0 aromatic rings. The second kappa shape index (κ2) is 16.1. The van der Waals surface area contributed by atoms with Gasteiger partial charge >= 0.3 is 11.9 Å². The van der Waals surface area contributed by atoms with Crippen molar-refractivity contribution in [3.8, 4) is 0 Å². The van der Waals surface area contributed by atoms with Gasteiger partial charge in [-0.25, -0.2) is 0 Å². The molecule has 1 atom stereocenters. The number of unbranched alkanes of at least 4 members (excludes halogenated alkanes) is 14. The summed E-state index contributed by atoms with van der Waals surface area (Å²) in [5.41, 5.74) is 0. The van der Waals surface area contributed by atoms with Gasteiger partial charge in [-0.3, -0.25) is 9.59 Å². The summed E-state index contributed by atoms with van der Waals surface area (Å²) in [5.74, 6) is -0.968. The van der Waals surface area contributed by atoms with E-state index in [1.54, 1.807) is 0 Å². The van der Waals surface area contributed by atoms with Crippen LogP contribution in [0.5, 0.6) is 0 Å². The van der Waals surface area contributed by atoms with Crippen molar-refractivity contribution in [2.75, 3.05) is 0 Å². The third-order valence-electron chi connectivity index (χ3n) is 5.27. The zero-order valence-corrected chi connectivity index (χ0v) is 17.0. The SMILES string of the molecule is CCCCCCCCCCCCCCCCC=CC1CCC(=O)OC1=O. The van der Waals surface area contributed by atoms with Crippen molar-refractivity contribution in [2.45, 2.75) is 116 Å². The van der Waals surface area contributed by atoms with Gasteiger partial charge in [0, 0.05) is 6.42 Å². The molecule has 1 saturated heterocycles. The highest BCUT2D eigenvalue weighted by molar-refractivity contribution is 5.90. The molecule has 1 aliphatic heterocycles. The van der Waals surface area contributed by atoms with Gasteiger partial charge in [0.15, 0.2) is 0 Å². The van der Waals surface area contributed by atoms with E-state index >= 15 is 0 Å². The summed E-state index contributed by atoms with van der Waals surface area (Å²) in [6, 6.07) is 0. The molecule has 1 rings (SSSR count). The Labute approximate surface area is 161 Å². The molecule has 150 valence electrons. The molecule has 26 heavy (non-hydrogen) atoms. The molecule has 0 radical (unpaired) electrons. The van der Waals surface area contributed by atoms with Crippen molar-refractivity contribution in [1.82, 2.24) is 0 Å². The van der Waals surface area contributed by atoms with Gasteiger partial charge in [0.25, 0.3) is 0 Å². The van der Waals surface area contributed by atoms with Gasteiger partial charge in [0.1, 0.15) is 0 Å². The first-order chi connectivity index (χ1) is 12.7. The molecule has 0 amide bonds. The molecular weight excluding hydrogens is 324 g/mol. The first-order valence-corrected chi connectivity index (χ1v) is 11.1. The number of allylic oxidation sites excluding steroid dienone is 1. The number of hydrogen-bond donors (Lipinski definition) is 0. The van der Waals surface area contributed by atoms with Crippen LogP contribution in [0.25, 0.3) is 0 Å². The standard InChI is InChI=1S/C23H40O3/c1-2-3-4-5-6-7-8-9-10-11-12-13-14-15-16-17-18-21-19-20-22(24)26-23(21)25/h17-18,21H,2-16,19-20H2,1H3. The molecule has 3 nitrogen and oxygen atoms in total. The number of cyclic esters (lactones) is 2. The summed E-state index contributed by atoms with van der Waals surface area (Å²) in [4.78, 5) is 22.5. The lowest BCUT2D eigenvalue weighted by molar-refractivity contribution is -0.165. The molecule has 0 spiro atoms. The summed E-state index contributed by atoms with van der Waals surface area (Å²) >= 11 is 0. The molecule has 1 fully saturated rings. The first-order valence-electron chi connectivity index (χ1n) is 11.1.